The Kier molecular flexibility index (Phi) is 8.42. The molecule has 1 aliphatic carbocycles. The van der Waals surface area contributed by atoms with Crippen LogP contribution in [0.25, 0.3) is 0 Å². The minimum atomic E-state index is -0.735. The van der Waals surface area contributed by atoms with Crippen LogP contribution in [-0.2, 0) is 4.79 Å². The normalized spacial score (nSPS) is 20.2. The Morgan fingerprint density at radius 3 is 2.67 bits per heavy atom. The molecule has 6 nitrogen and oxygen atoms in total. The SMILES string of the molecule is CCCSc1nc(N2CCCC(CC(=O)O)C2)ccc1C(=O)N(C)C1CCCCC1. The summed E-state index contributed by atoms with van der Waals surface area (Å²) in [6.07, 6.45) is 8.99. The first-order chi connectivity index (χ1) is 14.5. The molecule has 1 amide bonds. The molecule has 2 heterocycles. The summed E-state index contributed by atoms with van der Waals surface area (Å²) >= 11 is 1.65. The Morgan fingerprint density at radius 1 is 1.20 bits per heavy atom. The standard InChI is InChI=1S/C23H35N3O3S/c1-3-14-30-22-19(23(29)25(2)18-9-5-4-6-10-18)11-12-20(24-22)26-13-7-8-17(16-26)15-21(27)28/h11-12,17-18H,3-10,13-16H2,1-2H3,(H,27,28). The van der Waals surface area contributed by atoms with Crippen LogP contribution in [-0.4, -0.2) is 58.8 Å². The zero-order chi connectivity index (χ0) is 21.5. The molecule has 1 N–H and O–H groups in total. The van der Waals surface area contributed by atoms with E-state index in [1.165, 1.54) is 19.3 Å². The van der Waals surface area contributed by atoms with Gasteiger partial charge in [-0.15, -0.1) is 11.8 Å². The van der Waals surface area contributed by atoms with Crippen LogP contribution in [0.5, 0.6) is 0 Å². The number of hydrogen-bond acceptors (Lipinski definition) is 5. The Labute approximate surface area is 184 Å². The number of aliphatic carboxylic acids is 1. The second-order valence-electron chi connectivity index (χ2n) is 8.63. The number of aromatic nitrogens is 1. The smallest absolute Gasteiger partial charge is 0.303 e. The number of carboxylic acids is 1. The Morgan fingerprint density at radius 2 is 1.97 bits per heavy atom. The molecule has 1 aromatic rings. The van der Waals surface area contributed by atoms with E-state index in [4.69, 9.17) is 10.1 Å². The summed E-state index contributed by atoms with van der Waals surface area (Å²) in [7, 11) is 1.93. The van der Waals surface area contributed by atoms with Gasteiger partial charge in [0.1, 0.15) is 10.8 Å². The van der Waals surface area contributed by atoms with Gasteiger partial charge in [-0.3, -0.25) is 9.59 Å². The Bertz CT molecular complexity index is 736. The summed E-state index contributed by atoms with van der Waals surface area (Å²) in [5.41, 5.74) is 0.698. The molecule has 30 heavy (non-hydrogen) atoms. The van der Waals surface area contributed by atoms with Crippen LogP contribution in [0.2, 0.25) is 0 Å². The molecule has 2 fully saturated rings. The number of piperidine rings is 1. The lowest BCUT2D eigenvalue weighted by molar-refractivity contribution is -0.138. The third-order valence-electron chi connectivity index (χ3n) is 6.27. The van der Waals surface area contributed by atoms with E-state index in [0.717, 1.165) is 55.2 Å². The van der Waals surface area contributed by atoms with Crippen molar-refractivity contribution in [2.45, 2.75) is 75.8 Å². The van der Waals surface area contributed by atoms with Gasteiger partial charge >= 0.3 is 5.97 Å². The predicted molar refractivity (Wildman–Crippen MR) is 121 cm³/mol. The number of amides is 1. The first-order valence-corrected chi connectivity index (χ1v) is 12.4. The fourth-order valence-corrected chi connectivity index (χ4v) is 5.46. The molecule has 0 aromatic carbocycles. The fraction of sp³-hybridized carbons (Fsp3) is 0.696. The quantitative estimate of drug-likeness (QED) is 0.600. The van der Waals surface area contributed by atoms with Crippen LogP contribution in [0.15, 0.2) is 17.2 Å². The average molecular weight is 434 g/mol. The van der Waals surface area contributed by atoms with Gasteiger partial charge < -0.3 is 14.9 Å². The van der Waals surface area contributed by atoms with Crippen LogP contribution in [0.4, 0.5) is 5.82 Å². The van der Waals surface area contributed by atoms with E-state index in [2.05, 4.69) is 11.8 Å². The first kappa shape index (κ1) is 22.9. The summed E-state index contributed by atoms with van der Waals surface area (Å²) in [6, 6.07) is 4.21. The van der Waals surface area contributed by atoms with Gasteiger partial charge in [-0.05, 0) is 55.9 Å². The van der Waals surface area contributed by atoms with Gasteiger partial charge in [0.2, 0.25) is 0 Å². The monoisotopic (exact) mass is 433 g/mol. The third kappa shape index (κ3) is 5.90. The highest BCUT2D eigenvalue weighted by atomic mass is 32.2. The van der Waals surface area contributed by atoms with Crippen molar-refractivity contribution in [1.82, 2.24) is 9.88 Å². The molecule has 1 saturated carbocycles. The van der Waals surface area contributed by atoms with Crippen LogP contribution in [0.3, 0.4) is 0 Å². The zero-order valence-electron chi connectivity index (χ0n) is 18.3. The molecule has 0 radical (unpaired) electrons. The molecular formula is C23H35N3O3S. The minimum absolute atomic E-state index is 0.0713. The fourth-order valence-electron chi connectivity index (χ4n) is 4.59. The van der Waals surface area contributed by atoms with Gasteiger partial charge in [0, 0.05) is 32.6 Å². The molecule has 0 spiro atoms. The molecule has 1 unspecified atom stereocenters. The number of nitrogens with zero attached hydrogens (tertiary/aromatic N) is 3. The second kappa shape index (κ2) is 11.0. The number of thioether (sulfide) groups is 1. The van der Waals surface area contributed by atoms with E-state index >= 15 is 0 Å². The molecule has 0 bridgehead atoms. The van der Waals surface area contributed by atoms with Crippen molar-refractivity contribution in [3.63, 3.8) is 0 Å². The number of anilines is 1. The van der Waals surface area contributed by atoms with Gasteiger partial charge in [0.05, 0.1) is 5.56 Å². The summed E-state index contributed by atoms with van der Waals surface area (Å²) in [6.45, 7) is 3.73. The van der Waals surface area contributed by atoms with Crippen molar-refractivity contribution in [1.29, 1.82) is 0 Å². The molecule has 1 saturated heterocycles. The summed E-state index contributed by atoms with van der Waals surface area (Å²) in [4.78, 5) is 33.4. The molecule has 1 atom stereocenters. The van der Waals surface area contributed by atoms with Crippen molar-refractivity contribution in [2.75, 3.05) is 30.8 Å². The lowest BCUT2D eigenvalue weighted by Crippen LogP contribution is -2.39. The summed E-state index contributed by atoms with van der Waals surface area (Å²) in [5, 5.41) is 9.95. The maximum Gasteiger partial charge on any atom is 0.303 e. The van der Waals surface area contributed by atoms with Crippen molar-refractivity contribution < 1.29 is 14.7 Å². The lowest BCUT2D eigenvalue weighted by atomic mass is 9.94. The topological polar surface area (TPSA) is 73.7 Å². The van der Waals surface area contributed by atoms with Crippen LogP contribution in [0.1, 0.15) is 75.1 Å². The van der Waals surface area contributed by atoms with Gasteiger partial charge in [-0.25, -0.2) is 4.98 Å². The highest BCUT2D eigenvalue weighted by Crippen LogP contribution is 2.30. The van der Waals surface area contributed by atoms with Crippen molar-refractivity contribution >= 4 is 29.5 Å². The van der Waals surface area contributed by atoms with E-state index in [-0.39, 0.29) is 18.2 Å². The molecule has 3 rings (SSSR count). The Balaban J connectivity index is 1.79. The number of carbonyl (C=O) groups is 2. The lowest BCUT2D eigenvalue weighted by Gasteiger charge is -2.34. The maximum atomic E-state index is 13.3. The zero-order valence-corrected chi connectivity index (χ0v) is 19.1. The highest BCUT2D eigenvalue weighted by Gasteiger charge is 2.27. The molecule has 1 aromatic heterocycles. The van der Waals surface area contributed by atoms with Gasteiger partial charge in [-0.1, -0.05) is 26.2 Å². The average Bonchev–Trinajstić information content (AvgIpc) is 2.77. The predicted octanol–water partition coefficient (Wildman–Crippen LogP) is 4.68. The van der Waals surface area contributed by atoms with E-state index in [9.17, 15) is 9.59 Å². The molecule has 1 aliphatic heterocycles. The van der Waals surface area contributed by atoms with Crippen LogP contribution < -0.4 is 4.90 Å². The number of hydrogen-bond donors (Lipinski definition) is 1. The maximum absolute atomic E-state index is 13.3. The number of carbonyl (C=O) groups excluding carboxylic acids is 1. The van der Waals surface area contributed by atoms with Gasteiger partial charge in [0.25, 0.3) is 5.91 Å². The van der Waals surface area contributed by atoms with E-state index in [1.807, 2.05) is 24.1 Å². The van der Waals surface area contributed by atoms with Crippen molar-refractivity contribution in [3.8, 4) is 0 Å². The number of rotatable bonds is 8. The molecule has 2 aliphatic rings. The van der Waals surface area contributed by atoms with Gasteiger partial charge in [0.15, 0.2) is 0 Å². The van der Waals surface area contributed by atoms with Crippen molar-refractivity contribution in [2.24, 2.45) is 5.92 Å². The van der Waals surface area contributed by atoms with Crippen LogP contribution >= 0.6 is 11.8 Å². The van der Waals surface area contributed by atoms with Gasteiger partial charge in [-0.2, -0.15) is 0 Å². The summed E-state index contributed by atoms with van der Waals surface area (Å²) in [5.74, 6) is 1.28. The van der Waals surface area contributed by atoms with Crippen LogP contribution in [0, 0.1) is 5.92 Å². The van der Waals surface area contributed by atoms with Crippen molar-refractivity contribution in [3.05, 3.63) is 17.7 Å². The van der Waals surface area contributed by atoms with E-state index in [0.29, 0.717) is 18.2 Å². The third-order valence-corrected chi connectivity index (χ3v) is 7.46. The number of carboxylic acid groups (broad SMARTS) is 1. The summed E-state index contributed by atoms with van der Waals surface area (Å²) < 4.78 is 0. The molecule has 7 heteroatoms. The largest absolute Gasteiger partial charge is 0.481 e. The highest BCUT2D eigenvalue weighted by molar-refractivity contribution is 7.99. The number of pyridine rings is 1. The Hall–Kier alpha value is -1.76. The first-order valence-electron chi connectivity index (χ1n) is 11.4. The second-order valence-corrected chi connectivity index (χ2v) is 9.71. The van der Waals surface area contributed by atoms with E-state index < -0.39 is 5.97 Å². The molecule has 166 valence electrons. The van der Waals surface area contributed by atoms with E-state index in [1.54, 1.807) is 11.8 Å². The minimum Gasteiger partial charge on any atom is -0.481 e. The molecular weight excluding hydrogens is 398 g/mol.